The van der Waals surface area contributed by atoms with Gasteiger partial charge in [-0.25, -0.2) is 4.79 Å². The Balaban J connectivity index is 0.000000381. The number of carbonyl (C=O) groups excluding carboxylic acids is 1. The first-order valence-electron chi connectivity index (χ1n) is 7.73. The van der Waals surface area contributed by atoms with Crippen LogP contribution in [0.25, 0.3) is 0 Å². The number of amides is 1. The van der Waals surface area contributed by atoms with Crippen molar-refractivity contribution in [3.8, 4) is 0 Å². The van der Waals surface area contributed by atoms with Gasteiger partial charge >= 0.3 is 12.1 Å². The second-order valence-electron chi connectivity index (χ2n) is 6.46. The summed E-state index contributed by atoms with van der Waals surface area (Å²) in [5.74, 6) is -2.04. The summed E-state index contributed by atoms with van der Waals surface area (Å²) in [5.41, 5.74) is 1.13. The smallest absolute Gasteiger partial charge is 0.475 e. The van der Waals surface area contributed by atoms with E-state index in [1.807, 2.05) is 17.8 Å². The Kier molecular flexibility index (Phi) is 6.58. The molecule has 10 heteroatoms. The standard InChI is InChI=1S/C13H22N4O.C2HF3O2/c1-5-9-6-11(16-17(9)4)15-12(18)10-7-14-8-13(10,2)3;3-2(4,5)1(6)7/h6,10,14H,5,7-8H2,1-4H3,(H,15,16,18);(H,6,7). The summed E-state index contributed by atoms with van der Waals surface area (Å²) in [7, 11) is 1.90. The highest BCUT2D eigenvalue weighted by Gasteiger charge is 2.39. The Morgan fingerprint density at radius 2 is 2.04 bits per heavy atom. The molecule has 0 aromatic carbocycles. The fourth-order valence-corrected chi connectivity index (χ4v) is 2.50. The van der Waals surface area contributed by atoms with Crippen molar-refractivity contribution in [1.29, 1.82) is 0 Å². The third-order valence-electron chi connectivity index (χ3n) is 4.02. The van der Waals surface area contributed by atoms with E-state index in [0.717, 1.165) is 25.2 Å². The molecule has 0 bridgehead atoms. The van der Waals surface area contributed by atoms with Gasteiger partial charge in [-0.2, -0.15) is 18.3 Å². The van der Waals surface area contributed by atoms with Crippen molar-refractivity contribution in [2.45, 2.75) is 33.4 Å². The van der Waals surface area contributed by atoms with Crippen LogP contribution in [-0.4, -0.2) is 46.0 Å². The van der Waals surface area contributed by atoms with Crippen LogP contribution < -0.4 is 10.6 Å². The molecule has 3 N–H and O–H groups in total. The number of carboxylic acid groups (broad SMARTS) is 1. The zero-order valence-corrected chi connectivity index (χ0v) is 14.6. The summed E-state index contributed by atoms with van der Waals surface area (Å²) in [6.07, 6.45) is -4.17. The molecular formula is C15H23F3N4O3. The van der Waals surface area contributed by atoms with E-state index in [-0.39, 0.29) is 17.2 Å². The first-order chi connectivity index (χ1) is 11.4. The highest BCUT2D eigenvalue weighted by Crippen LogP contribution is 2.31. The van der Waals surface area contributed by atoms with Crippen molar-refractivity contribution in [3.63, 3.8) is 0 Å². The van der Waals surface area contributed by atoms with Gasteiger partial charge in [-0.05, 0) is 11.8 Å². The number of rotatable bonds is 3. The summed E-state index contributed by atoms with van der Waals surface area (Å²) < 4.78 is 33.5. The number of halogens is 3. The van der Waals surface area contributed by atoms with Crippen molar-refractivity contribution < 1.29 is 27.9 Å². The molecule has 1 saturated heterocycles. The molecule has 2 rings (SSSR count). The molecule has 1 aromatic heterocycles. The van der Waals surface area contributed by atoms with Crippen molar-refractivity contribution in [2.75, 3.05) is 18.4 Å². The van der Waals surface area contributed by atoms with Crippen LogP contribution in [0, 0.1) is 11.3 Å². The van der Waals surface area contributed by atoms with Gasteiger partial charge in [0, 0.05) is 31.9 Å². The Hall–Kier alpha value is -2.10. The molecule has 0 radical (unpaired) electrons. The van der Waals surface area contributed by atoms with Crippen LogP contribution >= 0.6 is 0 Å². The number of carbonyl (C=O) groups is 2. The van der Waals surface area contributed by atoms with E-state index in [4.69, 9.17) is 9.90 Å². The minimum atomic E-state index is -5.08. The third kappa shape index (κ3) is 5.73. The van der Waals surface area contributed by atoms with Crippen molar-refractivity contribution in [3.05, 3.63) is 11.8 Å². The monoisotopic (exact) mass is 364 g/mol. The third-order valence-corrected chi connectivity index (χ3v) is 4.02. The Labute approximate surface area is 143 Å². The summed E-state index contributed by atoms with van der Waals surface area (Å²) in [6, 6.07) is 1.94. The zero-order valence-electron chi connectivity index (χ0n) is 14.6. The highest BCUT2D eigenvalue weighted by atomic mass is 19.4. The molecule has 25 heavy (non-hydrogen) atoms. The van der Waals surface area contributed by atoms with E-state index in [1.165, 1.54) is 0 Å². The number of nitrogens with zero attached hydrogens (tertiary/aromatic N) is 2. The topological polar surface area (TPSA) is 96.3 Å². The second kappa shape index (κ2) is 7.85. The molecule has 0 spiro atoms. The number of hydrogen-bond acceptors (Lipinski definition) is 4. The number of aryl methyl sites for hydroxylation is 2. The lowest BCUT2D eigenvalue weighted by Gasteiger charge is -2.24. The average Bonchev–Trinajstić information content (AvgIpc) is 3.00. The number of alkyl halides is 3. The summed E-state index contributed by atoms with van der Waals surface area (Å²) in [4.78, 5) is 21.1. The minimum Gasteiger partial charge on any atom is -0.475 e. The molecule has 7 nitrogen and oxygen atoms in total. The fraction of sp³-hybridized carbons (Fsp3) is 0.667. The summed E-state index contributed by atoms with van der Waals surface area (Å²) in [6.45, 7) is 7.94. The Morgan fingerprint density at radius 3 is 2.40 bits per heavy atom. The van der Waals surface area contributed by atoms with Gasteiger partial charge in [-0.15, -0.1) is 0 Å². The van der Waals surface area contributed by atoms with Gasteiger partial charge in [0.1, 0.15) is 0 Å². The second-order valence-corrected chi connectivity index (χ2v) is 6.46. The van der Waals surface area contributed by atoms with Crippen LogP contribution in [0.5, 0.6) is 0 Å². The number of nitrogens with one attached hydrogen (secondary N) is 2. The Bertz CT molecular complexity index is 626. The maximum absolute atomic E-state index is 12.2. The molecule has 1 amide bonds. The summed E-state index contributed by atoms with van der Waals surface area (Å²) >= 11 is 0. The molecule has 1 aromatic rings. The number of hydrogen-bond donors (Lipinski definition) is 3. The quantitative estimate of drug-likeness (QED) is 0.760. The number of anilines is 1. The zero-order chi connectivity index (χ0) is 19.4. The maximum atomic E-state index is 12.2. The number of aromatic nitrogens is 2. The predicted molar refractivity (Wildman–Crippen MR) is 85.0 cm³/mol. The minimum absolute atomic E-state index is 0.00424. The van der Waals surface area contributed by atoms with Crippen LogP contribution in [0.15, 0.2) is 6.07 Å². The Morgan fingerprint density at radius 1 is 1.48 bits per heavy atom. The predicted octanol–water partition coefficient (Wildman–Crippen LogP) is 1.80. The van der Waals surface area contributed by atoms with Crippen molar-refractivity contribution >= 4 is 17.7 Å². The largest absolute Gasteiger partial charge is 0.490 e. The molecule has 1 unspecified atom stereocenters. The fourth-order valence-electron chi connectivity index (χ4n) is 2.50. The van der Waals surface area contributed by atoms with Gasteiger partial charge in [0.05, 0.1) is 5.92 Å². The lowest BCUT2D eigenvalue weighted by Crippen LogP contribution is -2.33. The van der Waals surface area contributed by atoms with E-state index >= 15 is 0 Å². The van der Waals surface area contributed by atoms with Crippen molar-refractivity contribution in [2.24, 2.45) is 18.4 Å². The van der Waals surface area contributed by atoms with E-state index in [2.05, 4.69) is 36.5 Å². The van der Waals surface area contributed by atoms with E-state index in [1.54, 1.807) is 0 Å². The lowest BCUT2D eigenvalue weighted by molar-refractivity contribution is -0.192. The molecule has 1 aliphatic rings. The number of carboxylic acids is 1. The SMILES string of the molecule is CCc1cc(NC(=O)C2CNCC2(C)C)nn1C.O=C(O)C(F)(F)F. The molecular weight excluding hydrogens is 341 g/mol. The van der Waals surface area contributed by atoms with Crippen LogP contribution in [0.3, 0.4) is 0 Å². The molecule has 1 aliphatic heterocycles. The molecule has 142 valence electrons. The van der Waals surface area contributed by atoms with E-state index in [9.17, 15) is 18.0 Å². The van der Waals surface area contributed by atoms with Crippen LogP contribution in [0.1, 0.15) is 26.5 Å². The normalized spacial score (nSPS) is 19.1. The maximum Gasteiger partial charge on any atom is 0.490 e. The lowest BCUT2D eigenvalue weighted by atomic mass is 9.81. The van der Waals surface area contributed by atoms with E-state index < -0.39 is 12.1 Å². The average molecular weight is 364 g/mol. The molecule has 0 aliphatic carbocycles. The molecule has 2 heterocycles. The van der Waals surface area contributed by atoms with Gasteiger partial charge in [0.2, 0.25) is 5.91 Å². The van der Waals surface area contributed by atoms with Gasteiger partial charge in [0.25, 0.3) is 0 Å². The van der Waals surface area contributed by atoms with Gasteiger partial charge in [-0.3, -0.25) is 9.48 Å². The molecule has 0 saturated carbocycles. The first-order valence-corrected chi connectivity index (χ1v) is 7.73. The van der Waals surface area contributed by atoms with Crippen molar-refractivity contribution in [1.82, 2.24) is 15.1 Å². The first kappa shape index (κ1) is 20.9. The molecule has 1 fully saturated rings. The van der Waals surface area contributed by atoms with Gasteiger partial charge in [-0.1, -0.05) is 20.8 Å². The van der Waals surface area contributed by atoms with Crippen LogP contribution in [0.2, 0.25) is 0 Å². The van der Waals surface area contributed by atoms with Gasteiger partial charge < -0.3 is 15.7 Å². The molecule has 1 atom stereocenters. The summed E-state index contributed by atoms with van der Waals surface area (Å²) in [5, 5.41) is 17.6. The van der Waals surface area contributed by atoms with Crippen LogP contribution in [0.4, 0.5) is 19.0 Å². The van der Waals surface area contributed by atoms with Crippen LogP contribution in [-0.2, 0) is 23.1 Å². The number of aliphatic carboxylic acids is 1. The van der Waals surface area contributed by atoms with Gasteiger partial charge in [0.15, 0.2) is 5.82 Å². The highest BCUT2D eigenvalue weighted by molar-refractivity contribution is 5.92. The van der Waals surface area contributed by atoms with E-state index in [0.29, 0.717) is 5.82 Å².